The molecule has 2 rings (SSSR count). The highest BCUT2D eigenvalue weighted by Gasteiger charge is 2.29. The second-order valence-electron chi connectivity index (χ2n) is 5.65. The molecule has 3 N–H and O–H groups in total. The lowest BCUT2D eigenvalue weighted by atomic mass is 10.2. The average Bonchev–Trinajstić information content (AvgIpc) is 3.16. The number of aromatic nitrogens is 2. The van der Waals surface area contributed by atoms with Crippen molar-refractivity contribution in [2.24, 2.45) is 0 Å². The number of hydrogen-bond acceptors (Lipinski definition) is 4. The van der Waals surface area contributed by atoms with Crippen molar-refractivity contribution in [1.82, 2.24) is 14.7 Å². The summed E-state index contributed by atoms with van der Waals surface area (Å²) >= 11 is 0. The van der Waals surface area contributed by atoms with Crippen molar-refractivity contribution >= 4 is 5.69 Å². The molecule has 108 valence electrons. The Balaban J connectivity index is 1.92. The van der Waals surface area contributed by atoms with E-state index >= 15 is 0 Å². The highest BCUT2D eigenvalue weighted by molar-refractivity contribution is 5.46. The summed E-state index contributed by atoms with van der Waals surface area (Å²) in [6.07, 6.45) is 3.31. The number of nitrogen functional groups attached to an aromatic ring is 1. The van der Waals surface area contributed by atoms with Crippen molar-refractivity contribution in [3.8, 4) is 0 Å². The molecule has 0 aromatic carbocycles. The molecule has 1 aliphatic carbocycles. The zero-order valence-electron chi connectivity index (χ0n) is 12.3. The van der Waals surface area contributed by atoms with Crippen LogP contribution in [0.2, 0.25) is 0 Å². The summed E-state index contributed by atoms with van der Waals surface area (Å²) in [4.78, 5) is 2.40. The maximum Gasteiger partial charge on any atom is 0.0862 e. The molecule has 1 fully saturated rings. The molecule has 1 atom stereocenters. The lowest BCUT2D eigenvalue weighted by Crippen LogP contribution is -2.37. The van der Waals surface area contributed by atoms with E-state index in [4.69, 9.17) is 5.73 Å². The Hall–Kier alpha value is -1.07. The van der Waals surface area contributed by atoms with Gasteiger partial charge in [-0.15, -0.1) is 0 Å². The van der Waals surface area contributed by atoms with E-state index in [-0.39, 0.29) is 6.10 Å². The van der Waals surface area contributed by atoms with Crippen LogP contribution in [0, 0.1) is 13.8 Å². The van der Waals surface area contributed by atoms with Crippen molar-refractivity contribution in [2.75, 3.05) is 18.8 Å². The van der Waals surface area contributed by atoms with Crippen LogP contribution in [0.5, 0.6) is 0 Å². The van der Waals surface area contributed by atoms with E-state index < -0.39 is 0 Å². The van der Waals surface area contributed by atoms with Gasteiger partial charge in [0.1, 0.15) is 0 Å². The Morgan fingerprint density at radius 1 is 1.47 bits per heavy atom. The second kappa shape index (κ2) is 5.92. The molecule has 1 aromatic rings. The van der Waals surface area contributed by atoms with Crippen molar-refractivity contribution in [2.45, 2.75) is 58.7 Å². The predicted octanol–water partition coefficient (Wildman–Crippen LogP) is 1.32. The van der Waals surface area contributed by atoms with Crippen LogP contribution in [0.3, 0.4) is 0 Å². The van der Waals surface area contributed by atoms with Gasteiger partial charge in [-0.2, -0.15) is 5.10 Å². The van der Waals surface area contributed by atoms with Crippen LogP contribution >= 0.6 is 0 Å². The average molecular weight is 266 g/mol. The molecule has 0 aliphatic heterocycles. The van der Waals surface area contributed by atoms with Crippen LogP contribution in [-0.4, -0.2) is 45.0 Å². The smallest absolute Gasteiger partial charge is 0.0862 e. The normalized spacial score (nSPS) is 17.1. The SMILES string of the molecule is CCCN(CC(O)Cn1nc(C)c(N)c1C)C1CC1. The van der Waals surface area contributed by atoms with Gasteiger partial charge in [0.25, 0.3) is 0 Å². The summed E-state index contributed by atoms with van der Waals surface area (Å²) in [5, 5.41) is 14.6. The molecule has 1 unspecified atom stereocenters. The summed E-state index contributed by atoms with van der Waals surface area (Å²) in [7, 11) is 0. The molecule has 0 bridgehead atoms. The van der Waals surface area contributed by atoms with Crippen molar-refractivity contribution < 1.29 is 5.11 Å². The minimum absolute atomic E-state index is 0.385. The Morgan fingerprint density at radius 2 is 2.16 bits per heavy atom. The largest absolute Gasteiger partial charge is 0.396 e. The van der Waals surface area contributed by atoms with E-state index in [1.54, 1.807) is 0 Å². The minimum Gasteiger partial charge on any atom is -0.396 e. The minimum atomic E-state index is -0.385. The topological polar surface area (TPSA) is 67.3 Å². The Bertz CT molecular complexity index is 425. The Labute approximate surface area is 115 Å². The summed E-state index contributed by atoms with van der Waals surface area (Å²) in [5.41, 5.74) is 8.44. The van der Waals surface area contributed by atoms with Gasteiger partial charge in [-0.25, -0.2) is 0 Å². The Morgan fingerprint density at radius 3 is 2.63 bits per heavy atom. The van der Waals surface area contributed by atoms with Gasteiger partial charge in [0.15, 0.2) is 0 Å². The molecular weight excluding hydrogens is 240 g/mol. The van der Waals surface area contributed by atoms with Gasteiger partial charge in [-0.1, -0.05) is 6.92 Å². The first-order valence-corrected chi connectivity index (χ1v) is 7.24. The van der Waals surface area contributed by atoms with Crippen molar-refractivity contribution in [3.05, 3.63) is 11.4 Å². The molecule has 19 heavy (non-hydrogen) atoms. The first-order chi connectivity index (χ1) is 9.02. The first-order valence-electron chi connectivity index (χ1n) is 7.24. The Kier molecular flexibility index (Phi) is 4.47. The number of hydrogen-bond donors (Lipinski definition) is 2. The molecule has 1 aliphatic rings. The number of rotatable bonds is 7. The molecule has 1 saturated carbocycles. The molecule has 0 saturated heterocycles. The van der Waals surface area contributed by atoms with E-state index in [1.807, 2.05) is 18.5 Å². The number of nitrogens with two attached hydrogens (primary N) is 1. The number of anilines is 1. The molecule has 0 amide bonds. The quantitative estimate of drug-likeness (QED) is 0.781. The molecule has 5 nitrogen and oxygen atoms in total. The van der Waals surface area contributed by atoms with E-state index in [2.05, 4.69) is 16.9 Å². The van der Waals surface area contributed by atoms with Crippen LogP contribution in [-0.2, 0) is 6.54 Å². The van der Waals surface area contributed by atoms with Crippen LogP contribution in [0.1, 0.15) is 37.6 Å². The maximum absolute atomic E-state index is 10.3. The van der Waals surface area contributed by atoms with Gasteiger partial charge >= 0.3 is 0 Å². The molecule has 0 radical (unpaired) electrons. The first kappa shape index (κ1) is 14.3. The lowest BCUT2D eigenvalue weighted by molar-refractivity contribution is 0.0905. The van der Waals surface area contributed by atoms with Crippen LogP contribution in [0.25, 0.3) is 0 Å². The molecule has 1 aromatic heterocycles. The maximum atomic E-state index is 10.3. The third-order valence-corrected chi connectivity index (χ3v) is 3.84. The van der Waals surface area contributed by atoms with Gasteiger partial charge in [-0.3, -0.25) is 9.58 Å². The second-order valence-corrected chi connectivity index (χ2v) is 5.65. The monoisotopic (exact) mass is 266 g/mol. The van der Waals surface area contributed by atoms with Gasteiger partial charge in [-0.05, 0) is 39.7 Å². The molecule has 1 heterocycles. The van der Waals surface area contributed by atoms with E-state index in [1.165, 1.54) is 12.8 Å². The van der Waals surface area contributed by atoms with Crippen LogP contribution in [0.15, 0.2) is 0 Å². The highest BCUT2D eigenvalue weighted by Crippen LogP contribution is 2.27. The molecule has 0 spiro atoms. The summed E-state index contributed by atoms with van der Waals surface area (Å²) in [5.74, 6) is 0. The summed E-state index contributed by atoms with van der Waals surface area (Å²) in [6, 6.07) is 0.695. The van der Waals surface area contributed by atoms with E-state index in [0.29, 0.717) is 12.6 Å². The third-order valence-electron chi connectivity index (χ3n) is 3.84. The highest BCUT2D eigenvalue weighted by atomic mass is 16.3. The number of aliphatic hydroxyl groups excluding tert-OH is 1. The number of aliphatic hydroxyl groups is 1. The standard InChI is InChI=1S/C14H26N4O/c1-4-7-17(12-5-6-12)8-13(19)9-18-11(3)14(15)10(2)16-18/h12-13,19H,4-9,15H2,1-3H3. The van der Waals surface area contributed by atoms with Gasteiger partial charge < -0.3 is 10.8 Å². The molecule has 5 heteroatoms. The van der Waals surface area contributed by atoms with Gasteiger partial charge in [0.05, 0.1) is 29.7 Å². The van der Waals surface area contributed by atoms with E-state index in [0.717, 1.165) is 36.6 Å². The van der Waals surface area contributed by atoms with Gasteiger partial charge in [0, 0.05) is 12.6 Å². The summed E-state index contributed by atoms with van der Waals surface area (Å²) in [6.45, 7) is 8.36. The fourth-order valence-corrected chi connectivity index (χ4v) is 2.57. The van der Waals surface area contributed by atoms with Crippen molar-refractivity contribution in [1.29, 1.82) is 0 Å². The number of nitrogens with zero attached hydrogens (tertiary/aromatic N) is 3. The number of aryl methyl sites for hydroxylation is 1. The van der Waals surface area contributed by atoms with E-state index in [9.17, 15) is 5.11 Å². The zero-order valence-corrected chi connectivity index (χ0v) is 12.3. The van der Waals surface area contributed by atoms with Crippen LogP contribution in [0.4, 0.5) is 5.69 Å². The fraction of sp³-hybridized carbons (Fsp3) is 0.786. The van der Waals surface area contributed by atoms with Crippen molar-refractivity contribution in [3.63, 3.8) is 0 Å². The fourth-order valence-electron chi connectivity index (χ4n) is 2.57. The van der Waals surface area contributed by atoms with Crippen LogP contribution < -0.4 is 5.73 Å². The lowest BCUT2D eigenvalue weighted by Gasteiger charge is -2.24. The summed E-state index contributed by atoms with van der Waals surface area (Å²) < 4.78 is 1.83. The molecular formula is C14H26N4O. The zero-order chi connectivity index (χ0) is 14.0. The van der Waals surface area contributed by atoms with Gasteiger partial charge in [0.2, 0.25) is 0 Å². The third kappa shape index (κ3) is 3.48. The predicted molar refractivity (Wildman–Crippen MR) is 77.0 cm³/mol.